The first-order chi connectivity index (χ1) is 4.23. The Morgan fingerprint density at radius 1 is 1.78 bits per heavy atom. The molecule has 0 atom stereocenters. The van der Waals surface area contributed by atoms with Gasteiger partial charge in [-0.2, -0.15) is 0 Å². The molecule has 0 aromatic carbocycles. The standard InChI is InChI=1S/C4H7N.C2H4O2/c1-2-4-5-3-1;1-2(3)4/h3H,1-2,4H2;1H3,(H,3,4). The van der Waals surface area contributed by atoms with Crippen molar-refractivity contribution >= 4 is 12.2 Å². The van der Waals surface area contributed by atoms with Crippen molar-refractivity contribution in [2.45, 2.75) is 19.8 Å². The highest BCUT2D eigenvalue weighted by molar-refractivity contribution is 5.62. The zero-order valence-electron chi connectivity index (χ0n) is 5.50. The molecule has 1 rings (SSSR count). The van der Waals surface area contributed by atoms with E-state index in [1.54, 1.807) is 0 Å². The van der Waals surface area contributed by atoms with Crippen LogP contribution in [-0.2, 0) is 4.79 Å². The van der Waals surface area contributed by atoms with Gasteiger partial charge in [0, 0.05) is 13.5 Å². The molecular formula is C6H11NO2. The fourth-order valence-corrected chi connectivity index (χ4v) is 0.456. The van der Waals surface area contributed by atoms with Gasteiger partial charge in [0.1, 0.15) is 0 Å². The van der Waals surface area contributed by atoms with Gasteiger partial charge in [-0.25, -0.2) is 0 Å². The minimum atomic E-state index is -0.833. The number of nitrogens with zero attached hydrogens (tertiary/aromatic N) is 1. The normalized spacial score (nSPS) is 14.3. The average molecular weight is 129 g/mol. The molecule has 1 aliphatic heterocycles. The lowest BCUT2D eigenvalue weighted by atomic mass is 10.4. The van der Waals surface area contributed by atoms with Crippen molar-refractivity contribution in [2.24, 2.45) is 4.99 Å². The van der Waals surface area contributed by atoms with Crippen LogP contribution in [0.5, 0.6) is 0 Å². The lowest BCUT2D eigenvalue weighted by Gasteiger charge is -1.67. The van der Waals surface area contributed by atoms with Crippen LogP contribution < -0.4 is 0 Å². The molecule has 0 bridgehead atoms. The molecule has 0 saturated carbocycles. The van der Waals surface area contributed by atoms with Crippen LogP contribution in [0.15, 0.2) is 4.99 Å². The predicted molar refractivity (Wildman–Crippen MR) is 35.9 cm³/mol. The molecule has 0 aromatic heterocycles. The van der Waals surface area contributed by atoms with Crippen LogP contribution in [0.3, 0.4) is 0 Å². The summed E-state index contributed by atoms with van der Waals surface area (Å²) in [7, 11) is 0. The Hall–Kier alpha value is -0.860. The third-order valence-electron chi connectivity index (χ3n) is 0.750. The molecule has 3 nitrogen and oxygen atoms in total. The first kappa shape index (κ1) is 8.14. The number of carboxylic acids is 1. The molecule has 0 fully saturated rings. The van der Waals surface area contributed by atoms with E-state index < -0.39 is 5.97 Å². The SMILES string of the molecule is C1=NCCC1.CC(=O)O. The van der Waals surface area contributed by atoms with Crippen molar-refractivity contribution in [3.8, 4) is 0 Å². The van der Waals surface area contributed by atoms with Gasteiger partial charge in [-0.1, -0.05) is 0 Å². The highest BCUT2D eigenvalue weighted by atomic mass is 16.4. The summed E-state index contributed by atoms with van der Waals surface area (Å²) in [6, 6.07) is 0. The smallest absolute Gasteiger partial charge is 0.300 e. The summed E-state index contributed by atoms with van der Waals surface area (Å²) in [5.41, 5.74) is 0. The van der Waals surface area contributed by atoms with Crippen LogP contribution in [0.1, 0.15) is 19.8 Å². The van der Waals surface area contributed by atoms with Crippen molar-refractivity contribution in [1.82, 2.24) is 0 Å². The molecule has 1 heterocycles. The van der Waals surface area contributed by atoms with Crippen molar-refractivity contribution < 1.29 is 9.90 Å². The number of rotatable bonds is 0. The predicted octanol–water partition coefficient (Wildman–Crippen LogP) is 0.942. The van der Waals surface area contributed by atoms with E-state index in [1.165, 1.54) is 12.8 Å². The summed E-state index contributed by atoms with van der Waals surface area (Å²) in [4.78, 5) is 13.0. The first-order valence-corrected chi connectivity index (χ1v) is 2.91. The Bertz CT molecular complexity index is 99.6. The number of carbonyl (C=O) groups is 1. The Kier molecular flexibility index (Phi) is 4.78. The first-order valence-electron chi connectivity index (χ1n) is 2.91. The van der Waals surface area contributed by atoms with E-state index in [4.69, 9.17) is 9.90 Å². The van der Waals surface area contributed by atoms with E-state index in [-0.39, 0.29) is 0 Å². The monoisotopic (exact) mass is 129 g/mol. The molecule has 52 valence electrons. The summed E-state index contributed by atoms with van der Waals surface area (Å²) >= 11 is 0. The molecule has 1 aliphatic rings. The highest BCUT2D eigenvalue weighted by Crippen LogP contribution is 1.92. The Labute approximate surface area is 54.4 Å². The third kappa shape index (κ3) is 11.0. The molecule has 3 heteroatoms. The molecule has 0 saturated heterocycles. The van der Waals surface area contributed by atoms with E-state index in [9.17, 15) is 0 Å². The lowest BCUT2D eigenvalue weighted by Crippen LogP contribution is -1.78. The van der Waals surface area contributed by atoms with Gasteiger partial charge in [0.25, 0.3) is 5.97 Å². The van der Waals surface area contributed by atoms with Crippen LogP contribution >= 0.6 is 0 Å². The number of hydrogen-bond donors (Lipinski definition) is 1. The van der Waals surface area contributed by atoms with E-state index in [0.717, 1.165) is 13.5 Å². The van der Waals surface area contributed by atoms with E-state index in [2.05, 4.69) is 4.99 Å². The van der Waals surface area contributed by atoms with Gasteiger partial charge in [0.2, 0.25) is 0 Å². The molecule has 0 amide bonds. The minimum Gasteiger partial charge on any atom is -0.481 e. The number of hydrogen-bond acceptors (Lipinski definition) is 2. The molecule has 0 aromatic rings. The molecule has 9 heavy (non-hydrogen) atoms. The number of aliphatic imine (C=N–C) groups is 1. The quantitative estimate of drug-likeness (QED) is 0.529. The van der Waals surface area contributed by atoms with Crippen molar-refractivity contribution in [1.29, 1.82) is 0 Å². The van der Waals surface area contributed by atoms with Crippen molar-refractivity contribution in [3.05, 3.63) is 0 Å². The fourth-order valence-electron chi connectivity index (χ4n) is 0.456. The summed E-state index contributed by atoms with van der Waals surface area (Å²) in [5, 5.41) is 7.42. The van der Waals surface area contributed by atoms with Gasteiger partial charge in [0.15, 0.2) is 0 Å². The van der Waals surface area contributed by atoms with Crippen molar-refractivity contribution in [2.75, 3.05) is 6.54 Å². The van der Waals surface area contributed by atoms with Crippen LogP contribution in [0, 0.1) is 0 Å². The Balaban J connectivity index is 0.000000148. The lowest BCUT2D eigenvalue weighted by molar-refractivity contribution is -0.134. The third-order valence-corrected chi connectivity index (χ3v) is 0.750. The van der Waals surface area contributed by atoms with Gasteiger partial charge in [-0.15, -0.1) is 0 Å². The maximum absolute atomic E-state index is 9.00. The van der Waals surface area contributed by atoms with E-state index in [1.807, 2.05) is 6.21 Å². The second-order valence-corrected chi connectivity index (χ2v) is 1.75. The molecule has 0 aliphatic carbocycles. The van der Waals surface area contributed by atoms with Gasteiger partial charge in [-0.05, 0) is 19.1 Å². The average Bonchev–Trinajstić information content (AvgIpc) is 2.11. The number of aliphatic carboxylic acids is 1. The topological polar surface area (TPSA) is 49.7 Å². The molecule has 0 unspecified atom stereocenters. The second kappa shape index (κ2) is 5.28. The van der Waals surface area contributed by atoms with Crippen LogP contribution in [0.2, 0.25) is 0 Å². The maximum Gasteiger partial charge on any atom is 0.300 e. The Morgan fingerprint density at radius 3 is 2.44 bits per heavy atom. The van der Waals surface area contributed by atoms with Crippen LogP contribution in [0.25, 0.3) is 0 Å². The van der Waals surface area contributed by atoms with E-state index >= 15 is 0 Å². The van der Waals surface area contributed by atoms with Gasteiger partial charge in [0.05, 0.1) is 0 Å². The zero-order chi connectivity index (χ0) is 7.11. The van der Waals surface area contributed by atoms with E-state index in [0.29, 0.717) is 0 Å². The maximum atomic E-state index is 9.00. The summed E-state index contributed by atoms with van der Waals surface area (Å²) < 4.78 is 0. The summed E-state index contributed by atoms with van der Waals surface area (Å²) in [6.07, 6.45) is 4.47. The molecule has 0 radical (unpaired) electrons. The fraction of sp³-hybridized carbons (Fsp3) is 0.667. The van der Waals surface area contributed by atoms with Gasteiger partial charge in [-0.3, -0.25) is 9.79 Å². The summed E-state index contributed by atoms with van der Waals surface area (Å²) in [6.45, 7) is 2.15. The van der Waals surface area contributed by atoms with Crippen molar-refractivity contribution in [3.63, 3.8) is 0 Å². The molecular weight excluding hydrogens is 118 g/mol. The van der Waals surface area contributed by atoms with Crippen LogP contribution in [0.4, 0.5) is 0 Å². The largest absolute Gasteiger partial charge is 0.481 e. The second-order valence-electron chi connectivity index (χ2n) is 1.75. The minimum absolute atomic E-state index is 0.833. The zero-order valence-corrected chi connectivity index (χ0v) is 5.50. The molecule has 0 spiro atoms. The van der Waals surface area contributed by atoms with Gasteiger partial charge < -0.3 is 5.11 Å². The Morgan fingerprint density at radius 2 is 2.33 bits per heavy atom. The highest BCUT2D eigenvalue weighted by Gasteiger charge is 1.85. The molecule has 1 N–H and O–H groups in total. The number of carboxylic acid groups (broad SMARTS) is 1. The van der Waals surface area contributed by atoms with Crippen LogP contribution in [-0.4, -0.2) is 23.8 Å². The summed E-state index contributed by atoms with van der Waals surface area (Å²) in [5.74, 6) is -0.833. The van der Waals surface area contributed by atoms with Gasteiger partial charge >= 0.3 is 0 Å².